The molecule has 4 nitrogen and oxygen atoms in total. The molecule has 1 aliphatic heterocycles. The number of hydrazine groups is 1. The van der Waals surface area contributed by atoms with Crippen LogP contribution in [0.25, 0.3) is 0 Å². The molecule has 3 rings (SSSR count). The van der Waals surface area contributed by atoms with Gasteiger partial charge in [-0.05, 0) is 62.2 Å². The third-order valence-corrected chi connectivity index (χ3v) is 5.70. The van der Waals surface area contributed by atoms with Crippen LogP contribution < -0.4 is 20.5 Å². The first-order valence-electron chi connectivity index (χ1n) is 9.77. The predicted octanol–water partition coefficient (Wildman–Crippen LogP) is 4.90. The van der Waals surface area contributed by atoms with E-state index in [1.54, 1.807) is 7.11 Å². The molecule has 0 unspecified atom stereocenters. The summed E-state index contributed by atoms with van der Waals surface area (Å²) < 4.78 is 5.26. The fourth-order valence-corrected chi connectivity index (χ4v) is 4.27. The van der Waals surface area contributed by atoms with E-state index in [-0.39, 0.29) is 5.66 Å². The SMILES string of the molecule is COc1ccc(N2NC3(CCCCCCCCCCC3)NC2=S)cc1. The standard InChI is InChI=1S/C20H31N3OS/c1-24-18-13-11-17(12-14-18)23-19(25)21-20(22-23)15-9-7-5-3-2-4-6-8-10-16-20/h11-14,22H,2-10,15-16H2,1H3,(H,21,25). The molecule has 1 aliphatic carbocycles. The first-order valence-corrected chi connectivity index (χ1v) is 10.2. The highest BCUT2D eigenvalue weighted by atomic mass is 32.1. The van der Waals surface area contributed by atoms with E-state index in [4.69, 9.17) is 17.0 Å². The zero-order valence-corrected chi connectivity index (χ0v) is 16.2. The van der Waals surface area contributed by atoms with Gasteiger partial charge in [0.1, 0.15) is 11.4 Å². The third kappa shape index (κ3) is 4.85. The molecule has 0 amide bonds. The van der Waals surface area contributed by atoms with Gasteiger partial charge in [0, 0.05) is 0 Å². The van der Waals surface area contributed by atoms with Gasteiger partial charge in [-0.1, -0.05) is 44.9 Å². The fraction of sp³-hybridized carbons (Fsp3) is 0.650. The summed E-state index contributed by atoms with van der Waals surface area (Å²) in [6.45, 7) is 0. The zero-order valence-electron chi connectivity index (χ0n) is 15.4. The molecule has 1 saturated carbocycles. The van der Waals surface area contributed by atoms with E-state index < -0.39 is 0 Å². The summed E-state index contributed by atoms with van der Waals surface area (Å²) in [7, 11) is 1.69. The van der Waals surface area contributed by atoms with Crippen LogP contribution >= 0.6 is 12.2 Å². The van der Waals surface area contributed by atoms with Gasteiger partial charge < -0.3 is 10.1 Å². The van der Waals surface area contributed by atoms with Gasteiger partial charge in [-0.15, -0.1) is 0 Å². The van der Waals surface area contributed by atoms with Crippen LogP contribution in [-0.4, -0.2) is 17.9 Å². The summed E-state index contributed by atoms with van der Waals surface area (Å²) in [4.78, 5) is 0. The van der Waals surface area contributed by atoms with Gasteiger partial charge in [-0.3, -0.25) is 5.01 Å². The summed E-state index contributed by atoms with van der Waals surface area (Å²) in [5.74, 6) is 0.863. The number of nitrogens with zero attached hydrogens (tertiary/aromatic N) is 1. The molecule has 138 valence electrons. The number of benzene rings is 1. The van der Waals surface area contributed by atoms with Crippen LogP contribution in [0.1, 0.15) is 70.6 Å². The normalized spacial score (nSPS) is 22.1. The highest BCUT2D eigenvalue weighted by Gasteiger charge is 2.39. The van der Waals surface area contributed by atoms with E-state index in [0.717, 1.165) is 29.4 Å². The van der Waals surface area contributed by atoms with Gasteiger partial charge in [-0.25, -0.2) is 5.43 Å². The monoisotopic (exact) mass is 361 g/mol. The van der Waals surface area contributed by atoms with Crippen LogP contribution in [0.3, 0.4) is 0 Å². The maximum absolute atomic E-state index is 5.65. The van der Waals surface area contributed by atoms with Crippen LogP contribution in [0.4, 0.5) is 5.69 Å². The second-order valence-electron chi connectivity index (χ2n) is 7.34. The molecule has 5 heteroatoms. The minimum Gasteiger partial charge on any atom is -0.497 e. The number of hydrogen-bond donors (Lipinski definition) is 2. The Labute approximate surface area is 157 Å². The van der Waals surface area contributed by atoms with Crippen molar-refractivity contribution in [3.8, 4) is 5.75 Å². The summed E-state index contributed by atoms with van der Waals surface area (Å²) in [5.41, 5.74) is 4.67. The van der Waals surface area contributed by atoms with Crippen LogP contribution in [0.2, 0.25) is 0 Å². The molecular weight excluding hydrogens is 330 g/mol. The maximum atomic E-state index is 5.65. The molecule has 2 aliphatic rings. The minimum absolute atomic E-state index is 0.0871. The molecule has 0 bridgehead atoms. The summed E-state index contributed by atoms with van der Waals surface area (Å²) in [6, 6.07) is 8.06. The van der Waals surface area contributed by atoms with Gasteiger partial charge in [0.2, 0.25) is 0 Å². The second-order valence-corrected chi connectivity index (χ2v) is 7.73. The molecule has 1 aromatic rings. The van der Waals surface area contributed by atoms with Crippen molar-refractivity contribution in [2.24, 2.45) is 0 Å². The van der Waals surface area contributed by atoms with Crippen LogP contribution in [0, 0.1) is 0 Å². The van der Waals surface area contributed by atoms with E-state index in [0.29, 0.717) is 0 Å². The van der Waals surface area contributed by atoms with Crippen molar-refractivity contribution in [1.29, 1.82) is 0 Å². The summed E-state index contributed by atoms with van der Waals surface area (Å²) >= 11 is 5.65. The summed E-state index contributed by atoms with van der Waals surface area (Å²) in [6.07, 6.45) is 14.3. The van der Waals surface area contributed by atoms with Crippen molar-refractivity contribution < 1.29 is 4.74 Å². The predicted molar refractivity (Wildman–Crippen MR) is 108 cm³/mol. The van der Waals surface area contributed by atoms with E-state index in [9.17, 15) is 0 Å². The molecule has 0 aromatic heterocycles. The average molecular weight is 362 g/mol. The fourth-order valence-electron chi connectivity index (χ4n) is 3.92. The number of hydrogen-bond acceptors (Lipinski definition) is 3. The van der Waals surface area contributed by atoms with Gasteiger partial charge in [0.15, 0.2) is 5.11 Å². The number of nitrogens with one attached hydrogen (secondary N) is 2. The van der Waals surface area contributed by atoms with Crippen molar-refractivity contribution in [3.05, 3.63) is 24.3 Å². The highest BCUT2D eigenvalue weighted by Crippen LogP contribution is 2.29. The number of ether oxygens (including phenoxy) is 1. The Morgan fingerprint density at radius 3 is 1.92 bits per heavy atom. The van der Waals surface area contributed by atoms with E-state index in [1.165, 1.54) is 57.8 Å². The van der Waals surface area contributed by atoms with Gasteiger partial charge in [0.25, 0.3) is 0 Å². The van der Waals surface area contributed by atoms with Crippen LogP contribution in [-0.2, 0) is 0 Å². The van der Waals surface area contributed by atoms with Crippen molar-refractivity contribution in [3.63, 3.8) is 0 Å². The molecule has 1 heterocycles. The Balaban J connectivity index is 1.69. The van der Waals surface area contributed by atoms with E-state index in [1.807, 2.05) is 29.3 Å². The molecule has 1 aromatic carbocycles. The van der Waals surface area contributed by atoms with Crippen molar-refractivity contribution in [1.82, 2.24) is 10.7 Å². The molecule has 1 saturated heterocycles. The van der Waals surface area contributed by atoms with Crippen LogP contribution in [0.15, 0.2) is 24.3 Å². The van der Waals surface area contributed by atoms with Crippen LogP contribution in [0.5, 0.6) is 5.75 Å². The lowest BCUT2D eigenvalue weighted by Crippen LogP contribution is -2.51. The Kier molecular flexibility index (Phi) is 6.54. The molecule has 1 spiro atoms. The first kappa shape index (κ1) is 18.5. The van der Waals surface area contributed by atoms with Crippen molar-refractivity contribution in [2.75, 3.05) is 12.1 Å². The van der Waals surface area contributed by atoms with Gasteiger partial charge in [-0.2, -0.15) is 0 Å². The Morgan fingerprint density at radius 2 is 1.40 bits per heavy atom. The quantitative estimate of drug-likeness (QED) is 0.733. The number of thiocarbonyl (C=S) groups is 1. The lowest BCUT2D eigenvalue weighted by Gasteiger charge is -2.30. The minimum atomic E-state index is -0.0871. The number of anilines is 1. The molecule has 2 N–H and O–H groups in total. The number of methoxy groups -OCH3 is 1. The largest absolute Gasteiger partial charge is 0.497 e. The Morgan fingerprint density at radius 1 is 0.880 bits per heavy atom. The van der Waals surface area contributed by atoms with E-state index in [2.05, 4.69) is 10.7 Å². The average Bonchev–Trinajstić information content (AvgIpc) is 2.95. The first-order chi connectivity index (χ1) is 12.2. The van der Waals surface area contributed by atoms with Crippen molar-refractivity contribution in [2.45, 2.75) is 76.3 Å². The summed E-state index contributed by atoms with van der Waals surface area (Å²) in [5, 5.41) is 6.42. The second kappa shape index (κ2) is 8.86. The smallest absolute Gasteiger partial charge is 0.189 e. The zero-order chi connectivity index (χ0) is 17.5. The lowest BCUT2D eigenvalue weighted by molar-refractivity contribution is 0.268. The molecular formula is C20H31N3OS. The lowest BCUT2D eigenvalue weighted by atomic mass is 9.93. The van der Waals surface area contributed by atoms with Crippen molar-refractivity contribution >= 4 is 23.0 Å². The molecule has 25 heavy (non-hydrogen) atoms. The third-order valence-electron chi connectivity index (χ3n) is 5.41. The topological polar surface area (TPSA) is 36.5 Å². The molecule has 0 radical (unpaired) electrons. The van der Waals surface area contributed by atoms with Gasteiger partial charge >= 0.3 is 0 Å². The van der Waals surface area contributed by atoms with Gasteiger partial charge in [0.05, 0.1) is 12.8 Å². The molecule has 2 fully saturated rings. The number of rotatable bonds is 2. The van der Waals surface area contributed by atoms with E-state index >= 15 is 0 Å². The Bertz CT molecular complexity index is 549. The Hall–Kier alpha value is -1.33. The maximum Gasteiger partial charge on any atom is 0.189 e. The molecule has 0 atom stereocenters. The highest BCUT2D eigenvalue weighted by molar-refractivity contribution is 7.80.